The van der Waals surface area contributed by atoms with Gasteiger partial charge in [-0.3, -0.25) is 4.72 Å². The predicted octanol–water partition coefficient (Wildman–Crippen LogP) is 5.37. The van der Waals surface area contributed by atoms with Crippen molar-refractivity contribution >= 4 is 49.3 Å². The molecule has 0 spiro atoms. The molecule has 0 unspecified atom stereocenters. The molecule has 4 aromatic heterocycles. The molecule has 0 radical (unpaired) electrons. The minimum absolute atomic E-state index is 0.00266. The Kier molecular flexibility index (Phi) is 11.2. The number of carboxylic acids is 2. The Balaban J connectivity index is 1.10. The molecular formula is C44H36N10O8S2. The van der Waals surface area contributed by atoms with Crippen LogP contribution in [0, 0.1) is 0 Å². The Labute approximate surface area is 365 Å². The fourth-order valence-electron chi connectivity index (χ4n) is 6.95. The second-order valence-electron chi connectivity index (χ2n) is 14.4. The van der Waals surface area contributed by atoms with E-state index in [1.807, 2.05) is 36.4 Å². The molecule has 0 saturated heterocycles. The summed E-state index contributed by atoms with van der Waals surface area (Å²) < 4.78 is 56.5. The Morgan fingerprint density at radius 1 is 0.609 bits per heavy atom. The molecule has 0 aliphatic heterocycles. The van der Waals surface area contributed by atoms with E-state index in [2.05, 4.69) is 14.7 Å². The Bertz CT molecular complexity index is 3310. The maximum Gasteiger partial charge on any atom is 0.354 e. The van der Waals surface area contributed by atoms with Crippen LogP contribution in [0.1, 0.15) is 43.1 Å². The van der Waals surface area contributed by atoms with Crippen LogP contribution >= 0.6 is 0 Å². The first-order valence-electron chi connectivity index (χ1n) is 19.1. The summed E-state index contributed by atoms with van der Waals surface area (Å²) in [7, 11) is -8.27. The van der Waals surface area contributed by atoms with Gasteiger partial charge in [0.1, 0.15) is 11.6 Å². The van der Waals surface area contributed by atoms with Gasteiger partial charge < -0.3 is 21.7 Å². The molecule has 0 aliphatic carbocycles. The highest BCUT2D eigenvalue weighted by Gasteiger charge is 2.24. The summed E-state index contributed by atoms with van der Waals surface area (Å²) in [6.07, 6.45) is 1.73. The lowest BCUT2D eigenvalue weighted by atomic mass is 10.0. The van der Waals surface area contributed by atoms with Gasteiger partial charge in [-0.1, -0.05) is 84.9 Å². The number of carboxylic acid groups (broad SMARTS) is 2. The van der Waals surface area contributed by atoms with E-state index in [9.17, 15) is 36.6 Å². The molecule has 0 amide bonds. The number of aromatic nitrogens is 6. The van der Waals surface area contributed by atoms with Crippen LogP contribution in [0.4, 0.5) is 17.3 Å². The zero-order chi connectivity index (χ0) is 45.3. The highest BCUT2D eigenvalue weighted by atomic mass is 32.2. The number of pyridine rings is 2. The molecule has 8 aromatic rings. The molecule has 9 N–H and O–H groups in total. The van der Waals surface area contributed by atoms with Crippen molar-refractivity contribution in [3.05, 3.63) is 173 Å². The molecule has 18 nitrogen and oxygen atoms in total. The quantitative estimate of drug-likeness (QED) is 0.0800. The normalized spacial score (nSPS) is 11.6. The maximum absolute atomic E-state index is 13.9. The van der Waals surface area contributed by atoms with E-state index in [0.29, 0.717) is 39.2 Å². The van der Waals surface area contributed by atoms with E-state index >= 15 is 0 Å². The van der Waals surface area contributed by atoms with Gasteiger partial charge in [0.2, 0.25) is 10.0 Å². The van der Waals surface area contributed by atoms with E-state index in [0.717, 1.165) is 11.6 Å². The van der Waals surface area contributed by atoms with Gasteiger partial charge in [0, 0.05) is 47.4 Å². The van der Waals surface area contributed by atoms with E-state index in [4.69, 9.17) is 26.8 Å². The molecule has 0 bridgehead atoms. The lowest BCUT2D eigenvalue weighted by Crippen LogP contribution is -2.15. The summed E-state index contributed by atoms with van der Waals surface area (Å²) in [6, 6.07) is 35.2. The molecule has 4 heterocycles. The van der Waals surface area contributed by atoms with Gasteiger partial charge >= 0.3 is 11.9 Å². The van der Waals surface area contributed by atoms with Gasteiger partial charge in [-0.15, -0.1) is 0 Å². The number of sulfonamides is 2. The lowest BCUT2D eigenvalue weighted by molar-refractivity contribution is 0.0682. The third-order valence-electron chi connectivity index (χ3n) is 10.1. The van der Waals surface area contributed by atoms with Crippen LogP contribution in [0.15, 0.2) is 149 Å². The predicted molar refractivity (Wildman–Crippen MR) is 237 cm³/mol. The van der Waals surface area contributed by atoms with E-state index in [1.54, 1.807) is 48.5 Å². The van der Waals surface area contributed by atoms with Crippen molar-refractivity contribution in [3.63, 3.8) is 0 Å². The topological polar surface area (TPSA) is 294 Å². The molecule has 0 fully saturated rings. The van der Waals surface area contributed by atoms with E-state index < -0.39 is 37.7 Å². The van der Waals surface area contributed by atoms with Crippen molar-refractivity contribution < 1.29 is 36.6 Å². The number of nitrogens with zero attached hydrogens (tertiary/aromatic N) is 6. The minimum atomic E-state index is -4.34. The largest absolute Gasteiger partial charge is 0.478 e. The maximum atomic E-state index is 13.9. The number of nitrogens with one attached hydrogen (secondary N) is 1. The third-order valence-corrected chi connectivity index (χ3v) is 12.4. The summed E-state index contributed by atoms with van der Waals surface area (Å²) in [5, 5.41) is 34.3. The molecule has 0 saturated carbocycles. The number of hydrogen-bond donors (Lipinski definition) is 6. The fourth-order valence-corrected chi connectivity index (χ4v) is 8.50. The number of rotatable bonds is 14. The molecule has 20 heteroatoms. The van der Waals surface area contributed by atoms with Crippen molar-refractivity contribution in [2.75, 3.05) is 16.2 Å². The first-order chi connectivity index (χ1) is 30.6. The number of nitrogens with two attached hydrogens (primary N) is 3. The van der Waals surface area contributed by atoms with Crippen LogP contribution in [0.3, 0.4) is 0 Å². The first-order valence-corrected chi connectivity index (χ1v) is 22.1. The summed E-state index contributed by atoms with van der Waals surface area (Å²) in [6.45, 7) is 0. The minimum Gasteiger partial charge on any atom is -0.478 e. The van der Waals surface area contributed by atoms with Crippen LogP contribution in [-0.2, 0) is 32.9 Å². The van der Waals surface area contributed by atoms with Crippen LogP contribution in [-0.4, -0.2) is 68.5 Å². The zero-order valence-electron chi connectivity index (χ0n) is 33.3. The SMILES string of the molecule is Nc1c(Cc2ccc(S(=O)(=O)Nc3cc(C(=O)O)nc(-n4nc(-c5ccccc5)c(Cc5ccc(S(N)(=O)=O)cc5)c4N)c3)cc2)c(-c2ccccc2)nn1-c1cc(C(=O)O)ccn1. The number of anilines is 3. The Morgan fingerprint density at radius 2 is 1.11 bits per heavy atom. The number of nitrogen functional groups attached to an aromatic ring is 2. The van der Waals surface area contributed by atoms with Gasteiger partial charge in [0.25, 0.3) is 10.0 Å². The number of aromatic carboxylic acids is 2. The van der Waals surface area contributed by atoms with Gasteiger partial charge in [-0.05, 0) is 53.6 Å². The summed E-state index contributed by atoms with van der Waals surface area (Å²) >= 11 is 0. The van der Waals surface area contributed by atoms with Crippen molar-refractivity contribution in [1.82, 2.24) is 29.5 Å². The van der Waals surface area contributed by atoms with Crippen LogP contribution in [0.2, 0.25) is 0 Å². The fraction of sp³-hybridized carbons (Fsp3) is 0.0455. The monoisotopic (exact) mass is 896 g/mol. The van der Waals surface area contributed by atoms with Crippen molar-refractivity contribution in [2.45, 2.75) is 22.6 Å². The lowest BCUT2D eigenvalue weighted by Gasteiger charge is -2.12. The van der Waals surface area contributed by atoms with Gasteiger partial charge in [0.15, 0.2) is 17.3 Å². The molecule has 322 valence electrons. The van der Waals surface area contributed by atoms with Crippen LogP contribution < -0.4 is 21.3 Å². The summed E-state index contributed by atoms with van der Waals surface area (Å²) in [5.41, 5.74) is 17.5. The Morgan fingerprint density at radius 3 is 1.59 bits per heavy atom. The standard InChI is InChI=1S/C44H36N10O8S2/c45-41-34(39(28-7-3-1-4-8-28)50-53(41)37-23-30(43(55)56)19-20-48-37)22-27-13-17-33(18-14-27)64(61,62)52-31-24-36(44(57)58)49-38(25-31)54-42(46)35(40(51-54)29-9-5-2-6-10-29)21-26-11-15-32(16-12-26)63(47,59)60/h1-20,23-25H,21-22,45-46H2,(H,49,52)(H,55,56)(H,57,58)(H2,47,59,60). The number of hydrogen-bond acceptors (Lipinski definition) is 12. The third kappa shape index (κ3) is 8.77. The molecule has 8 rings (SSSR count). The number of carbonyl (C=O) groups is 2. The number of primary sulfonamides is 1. The van der Waals surface area contributed by atoms with Gasteiger partial charge in [-0.2, -0.15) is 19.6 Å². The average Bonchev–Trinajstić information content (AvgIpc) is 3.78. The molecule has 64 heavy (non-hydrogen) atoms. The second kappa shape index (κ2) is 16.9. The van der Waals surface area contributed by atoms with Crippen molar-refractivity contribution in [3.8, 4) is 34.2 Å². The van der Waals surface area contributed by atoms with Crippen LogP contribution in [0.5, 0.6) is 0 Å². The van der Waals surface area contributed by atoms with Crippen LogP contribution in [0.25, 0.3) is 34.2 Å². The average molecular weight is 897 g/mol. The number of benzene rings is 4. The van der Waals surface area contributed by atoms with Gasteiger partial charge in [0.05, 0.1) is 32.4 Å². The van der Waals surface area contributed by atoms with Crippen molar-refractivity contribution in [2.24, 2.45) is 5.14 Å². The smallest absolute Gasteiger partial charge is 0.354 e. The van der Waals surface area contributed by atoms with E-state index in [-0.39, 0.29) is 57.2 Å². The summed E-state index contributed by atoms with van der Waals surface area (Å²) in [5.74, 6) is -2.22. The highest BCUT2D eigenvalue weighted by Crippen LogP contribution is 2.34. The zero-order valence-corrected chi connectivity index (χ0v) is 34.9. The molecule has 0 aliphatic rings. The first kappa shape index (κ1) is 42.5. The molecule has 4 aromatic carbocycles. The van der Waals surface area contributed by atoms with E-state index in [1.165, 1.54) is 58.0 Å². The molecular weight excluding hydrogens is 861 g/mol. The Hall–Kier alpha value is -8.20. The highest BCUT2D eigenvalue weighted by molar-refractivity contribution is 7.92. The summed E-state index contributed by atoms with van der Waals surface area (Å²) in [4.78, 5) is 32.3. The second-order valence-corrected chi connectivity index (χ2v) is 17.6. The van der Waals surface area contributed by atoms with Crippen molar-refractivity contribution in [1.29, 1.82) is 0 Å². The van der Waals surface area contributed by atoms with Gasteiger partial charge in [-0.25, -0.2) is 41.5 Å². The molecule has 0 atom stereocenters.